The highest BCUT2D eigenvalue weighted by atomic mass is 19.4. The molecule has 0 spiro atoms. The van der Waals surface area contributed by atoms with Crippen LogP contribution < -0.4 is 0 Å². The minimum absolute atomic E-state index is 0.0294. The molecule has 8 heteroatoms. The molecule has 0 saturated heterocycles. The van der Waals surface area contributed by atoms with Crippen LogP contribution in [0.25, 0.3) is 0 Å². The largest absolute Gasteiger partial charge is 0.462 e. The first-order chi connectivity index (χ1) is 16.3. The first-order valence-electron chi connectivity index (χ1n) is 12.6. The van der Waals surface area contributed by atoms with Crippen molar-refractivity contribution in [2.45, 2.75) is 91.3 Å². The van der Waals surface area contributed by atoms with Gasteiger partial charge in [-0.2, -0.15) is 13.2 Å². The first-order valence-corrected chi connectivity index (χ1v) is 12.6. The van der Waals surface area contributed by atoms with Crippen molar-refractivity contribution in [3.05, 3.63) is 23.5 Å². The number of carbonyl (C=O) groups excluding carboxylic acids is 3. The molecular weight excluding hydrogens is 461 g/mol. The van der Waals surface area contributed by atoms with Crippen LogP contribution in [-0.2, 0) is 23.9 Å². The predicted octanol–water partition coefficient (Wildman–Crippen LogP) is 6.08. The molecule has 194 valence electrons. The lowest BCUT2D eigenvalue weighted by Gasteiger charge is -2.58. The molecule has 4 rings (SSSR count). The Labute approximate surface area is 204 Å². The zero-order valence-electron chi connectivity index (χ0n) is 20.9. The van der Waals surface area contributed by atoms with Gasteiger partial charge in [0.05, 0.1) is 0 Å². The average Bonchev–Trinajstić information content (AvgIpc) is 3.09. The number of ether oxygens (including phenoxy) is 2. The second-order valence-corrected chi connectivity index (χ2v) is 11.4. The van der Waals surface area contributed by atoms with Crippen LogP contribution in [0.3, 0.4) is 0 Å². The van der Waals surface area contributed by atoms with Gasteiger partial charge in [-0.3, -0.25) is 14.4 Å². The molecule has 5 nitrogen and oxygen atoms in total. The van der Waals surface area contributed by atoms with E-state index in [1.807, 2.05) is 0 Å². The van der Waals surface area contributed by atoms with E-state index in [1.165, 1.54) is 12.5 Å². The van der Waals surface area contributed by atoms with E-state index in [2.05, 4.69) is 24.7 Å². The zero-order chi connectivity index (χ0) is 25.8. The summed E-state index contributed by atoms with van der Waals surface area (Å²) in [6, 6.07) is 0. The maximum atomic E-state index is 13.3. The normalized spacial score (nSPS) is 39.0. The number of esters is 2. The number of hydrogen-bond donors (Lipinski definition) is 0. The van der Waals surface area contributed by atoms with E-state index in [-0.39, 0.29) is 28.8 Å². The average molecular weight is 497 g/mol. The molecular formula is C27H35F3O5. The van der Waals surface area contributed by atoms with Crippen LogP contribution >= 0.6 is 0 Å². The van der Waals surface area contributed by atoms with Crippen molar-refractivity contribution in [2.75, 3.05) is 0 Å². The summed E-state index contributed by atoms with van der Waals surface area (Å²) in [5.41, 5.74) is 1.02. The summed E-state index contributed by atoms with van der Waals surface area (Å²) in [5, 5.41) is 0. The number of alkyl halides is 3. The monoisotopic (exact) mass is 496 g/mol. The molecule has 4 aliphatic carbocycles. The van der Waals surface area contributed by atoms with Crippen LogP contribution in [0, 0.1) is 34.5 Å². The second-order valence-electron chi connectivity index (χ2n) is 11.4. The van der Waals surface area contributed by atoms with Crippen molar-refractivity contribution in [1.29, 1.82) is 0 Å². The molecule has 0 aromatic carbocycles. The molecule has 0 N–H and O–H groups in total. The standard InChI is InChI=1S/C27H35F3O5/c1-15(31)34-18-9-11-25(3)17(13-18)5-6-19-20-7-8-22(26(20,4)12-10-21(19)25)23(33)14-24(27(28,29)30)35-16(2)32/h5,14,18-22H,6-13H2,1-4H3/b24-14-. The molecule has 0 bridgehead atoms. The van der Waals surface area contributed by atoms with Crippen molar-refractivity contribution in [2.24, 2.45) is 34.5 Å². The van der Waals surface area contributed by atoms with Gasteiger partial charge in [-0.1, -0.05) is 25.5 Å². The molecule has 3 saturated carbocycles. The van der Waals surface area contributed by atoms with E-state index in [1.54, 1.807) is 0 Å². The Hall–Kier alpha value is -2.12. The molecule has 7 unspecified atom stereocenters. The van der Waals surface area contributed by atoms with Crippen molar-refractivity contribution in [1.82, 2.24) is 0 Å². The Morgan fingerprint density at radius 1 is 1.00 bits per heavy atom. The Bertz CT molecular complexity index is 966. The molecule has 0 aliphatic heterocycles. The van der Waals surface area contributed by atoms with Gasteiger partial charge < -0.3 is 9.47 Å². The summed E-state index contributed by atoms with van der Waals surface area (Å²) < 4.78 is 49.9. The van der Waals surface area contributed by atoms with E-state index >= 15 is 0 Å². The number of halogens is 3. The van der Waals surface area contributed by atoms with Gasteiger partial charge in [0, 0.05) is 32.3 Å². The van der Waals surface area contributed by atoms with E-state index in [9.17, 15) is 27.6 Å². The smallest absolute Gasteiger partial charge is 0.449 e. The van der Waals surface area contributed by atoms with Crippen LogP contribution in [0.5, 0.6) is 0 Å². The SMILES string of the molecule is CC(=O)O/C(=C\C(=O)C1CCC2C3CC=C4CC(OC(C)=O)CCC4(C)C3CCC12C)C(F)(F)F. The second kappa shape index (κ2) is 9.07. The predicted molar refractivity (Wildman–Crippen MR) is 122 cm³/mol. The van der Waals surface area contributed by atoms with Gasteiger partial charge >= 0.3 is 18.1 Å². The molecule has 35 heavy (non-hydrogen) atoms. The van der Waals surface area contributed by atoms with Crippen molar-refractivity contribution in [3.63, 3.8) is 0 Å². The lowest BCUT2D eigenvalue weighted by atomic mass is 9.47. The summed E-state index contributed by atoms with van der Waals surface area (Å²) in [6.45, 7) is 6.72. The van der Waals surface area contributed by atoms with Crippen molar-refractivity contribution in [3.8, 4) is 0 Å². The highest BCUT2D eigenvalue weighted by molar-refractivity contribution is 5.93. The van der Waals surface area contributed by atoms with Crippen LogP contribution in [0.1, 0.15) is 79.1 Å². The van der Waals surface area contributed by atoms with Gasteiger partial charge in [0.25, 0.3) is 0 Å². The third-order valence-corrected chi connectivity index (χ3v) is 9.54. The van der Waals surface area contributed by atoms with Gasteiger partial charge in [-0.15, -0.1) is 0 Å². The fourth-order valence-corrected chi connectivity index (χ4v) is 7.98. The number of ketones is 1. The Morgan fingerprint density at radius 2 is 1.71 bits per heavy atom. The van der Waals surface area contributed by atoms with Crippen LogP contribution in [0.4, 0.5) is 13.2 Å². The lowest BCUT2D eigenvalue weighted by molar-refractivity contribution is -0.158. The minimum atomic E-state index is -4.90. The fraction of sp³-hybridized carbons (Fsp3) is 0.741. The van der Waals surface area contributed by atoms with Gasteiger partial charge in [0.2, 0.25) is 5.76 Å². The summed E-state index contributed by atoms with van der Waals surface area (Å²) in [6.07, 6.45) is 4.34. The molecule has 0 aromatic rings. The summed E-state index contributed by atoms with van der Waals surface area (Å²) in [4.78, 5) is 35.7. The quantitative estimate of drug-likeness (QED) is 0.204. The van der Waals surface area contributed by atoms with E-state index in [0.717, 1.165) is 51.9 Å². The van der Waals surface area contributed by atoms with Crippen molar-refractivity contribution >= 4 is 17.7 Å². The Morgan fingerprint density at radius 3 is 2.34 bits per heavy atom. The van der Waals surface area contributed by atoms with E-state index in [0.29, 0.717) is 24.3 Å². The van der Waals surface area contributed by atoms with Crippen LogP contribution in [0.15, 0.2) is 23.5 Å². The Balaban J connectivity index is 1.55. The Kier molecular flexibility index (Phi) is 6.73. The molecule has 4 aliphatic rings. The first kappa shape index (κ1) is 26.0. The van der Waals surface area contributed by atoms with Gasteiger partial charge in [0.1, 0.15) is 6.10 Å². The number of fused-ring (bicyclic) bond motifs is 5. The number of hydrogen-bond acceptors (Lipinski definition) is 5. The third kappa shape index (κ3) is 4.69. The van der Waals surface area contributed by atoms with Gasteiger partial charge in [0.15, 0.2) is 5.78 Å². The van der Waals surface area contributed by atoms with E-state index in [4.69, 9.17) is 4.74 Å². The van der Waals surface area contributed by atoms with Gasteiger partial charge in [-0.05, 0) is 73.5 Å². The topological polar surface area (TPSA) is 69.7 Å². The number of allylic oxidation sites excluding steroid dienone is 3. The maximum absolute atomic E-state index is 13.3. The molecule has 3 fully saturated rings. The van der Waals surface area contributed by atoms with E-state index < -0.39 is 29.6 Å². The lowest BCUT2D eigenvalue weighted by Crippen LogP contribution is -2.51. The number of rotatable bonds is 4. The van der Waals surface area contributed by atoms with Crippen LogP contribution in [-0.4, -0.2) is 30.0 Å². The fourth-order valence-electron chi connectivity index (χ4n) is 7.98. The molecule has 0 amide bonds. The van der Waals surface area contributed by atoms with Crippen molar-refractivity contribution < 1.29 is 37.0 Å². The number of carbonyl (C=O) groups is 3. The summed E-state index contributed by atoms with van der Waals surface area (Å²) in [5.74, 6) is -2.90. The molecule has 7 atom stereocenters. The molecule has 0 aromatic heterocycles. The molecule has 0 heterocycles. The van der Waals surface area contributed by atoms with Crippen LogP contribution in [0.2, 0.25) is 0 Å². The minimum Gasteiger partial charge on any atom is -0.462 e. The molecule has 0 radical (unpaired) electrons. The maximum Gasteiger partial charge on any atom is 0.449 e. The highest BCUT2D eigenvalue weighted by Crippen LogP contribution is 2.66. The summed E-state index contributed by atoms with van der Waals surface area (Å²) in [7, 11) is 0. The zero-order valence-corrected chi connectivity index (χ0v) is 20.9. The third-order valence-electron chi connectivity index (χ3n) is 9.54. The van der Waals surface area contributed by atoms with Gasteiger partial charge in [-0.25, -0.2) is 0 Å². The summed E-state index contributed by atoms with van der Waals surface area (Å²) >= 11 is 0. The highest BCUT2D eigenvalue weighted by Gasteiger charge is 2.60.